The molecule has 2 aromatic rings. The van der Waals surface area contributed by atoms with E-state index in [1.54, 1.807) is 0 Å². The van der Waals surface area contributed by atoms with Gasteiger partial charge in [0.15, 0.2) is 5.78 Å². The molecular weight excluding hydrogens is 442 g/mol. The zero-order valence-electron chi connectivity index (χ0n) is 20.9. The first-order valence-electron chi connectivity index (χ1n) is 12.9. The zero-order valence-corrected chi connectivity index (χ0v) is 20.9. The molecule has 0 aromatic heterocycles. The molecule has 6 nitrogen and oxygen atoms in total. The Hall–Kier alpha value is -2.54. The van der Waals surface area contributed by atoms with Crippen LogP contribution in [-0.4, -0.2) is 60.2 Å². The summed E-state index contributed by atoms with van der Waals surface area (Å²) in [6.07, 6.45) is 5.92. The molecule has 1 heterocycles. The number of carbonyl (C=O) groups excluding carboxylic acids is 1. The summed E-state index contributed by atoms with van der Waals surface area (Å²) < 4.78 is 11.4. The summed E-state index contributed by atoms with van der Waals surface area (Å²) in [6, 6.07) is 18.8. The van der Waals surface area contributed by atoms with Crippen molar-refractivity contribution in [3.63, 3.8) is 0 Å². The lowest BCUT2D eigenvalue weighted by atomic mass is 10.0. The maximum atomic E-state index is 12.3. The molecule has 1 N–H and O–H groups in total. The lowest BCUT2D eigenvalue weighted by molar-refractivity contribution is -0.137. The monoisotopic (exact) mass is 481 g/mol. The van der Waals surface area contributed by atoms with Crippen LogP contribution in [0.2, 0.25) is 0 Å². The molecule has 35 heavy (non-hydrogen) atoms. The minimum absolute atomic E-state index is 0.0179. The Bertz CT molecular complexity index is 893. The molecule has 2 aliphatic rings. The van der Waals surface area contributed by atoms with E-state index in [9.17, 15) is 9.59 Å². The SMILES string of the molecule is CCCCCCC(=O)O.O=C1C[C@@H](OCc2ccc(-c3ccccc3)cc2)C[C@@H]1N1CCOCC1. The Labute approximate surface area is 209 Å². The molecule has 1 aliphatic heterocycles. The van der Waals surface area contributed by atoms with Gasteiger partial charge in [-0.1, -0.05) is 80.8 Å². The lowest BCUT2D eigenvalue weighted by Gasteiger charge is -2.31. The lowest BCUT2D eigenvalue weighted by Crippen LogP contribution is -2.45. The fourth-order valence-electron chi connectivity index (χ4n) is 4.53. The highest BCUT2D eigenvalue weighted by molar-refractivity contribution is 5.86. The molecule has 0 radical (unpaired) electrons. The van der Waals surface area contributed by atoms with Gasteiger partial charge in [0.05, 0.1) is 32.0 Å². The van der Waals surface area contributed by atoms with Gasteiger partial charge >= 0.3 is 5.97 Å². The van der Waals surface area contributed by atoms with Gasteiger partial charge < -0.3 is 14.6 Å². The van der Waals surface area contributed by atoms with E-state index in [1.165, 1.54) is 17.5 Å². The van der Waals surface area contributed by atoms with Crippen LogP contribution >= 0.6 is 0 Å². The van der Waals surface area contributed by atoms with Crippen LogP contribution in [0.5, 0.6) is 0 Å². The van der Waals surface area contributed by atoms with Crippen molar-refractivity contribution in [2.75, 3.05) is 26.3 Å². The highest BCUT2D eigenvalue weighted by Crippen LogP contribution is 2.26. The van der Waals surface area contributed by atoms with Gasteiger partial charge in [-0.3, -0.25) is 14.5 Å². The van der Waals surface area contributed by atoms with Crippen molar-refractivity contribution in [1.82, 2.24) is 4.90 Å². The van der Waals surface area contributed by atoms with Crippen molar-refractivity contribution in [1.29, 1.82) is 0 Å². The number of rotatable bonds is 10. The highest BCUT2D eigenvalue weighted by atomic mass is 16.5. The quantitative estimate of drug-likeness (QED) is 0.462. The molecule has 1 saturated carbocycles. The van der Waals surface area contributed by atoms with E-state index in [1.807, 2.05) is 18.2 Å². The summed E-state index contributed by atoms with van der Waals surface area (Å²) in [5, 5.41) is 8.21. The Morgan fingerprint density at radius 3 is 2.34 bits per heavy atom. The average molecular weight is 482 g/mol. The Kier molecular flexibility index (Phi) is 11.4. The third-order valence-electron chi connectivity index (χ3n) is 6.56. The minimum atomic E-state index is -0.675. The third kappa shape index (κ3) is 9.21. The van der Waals surface area contributed by atoms with Gasteiger partial charge in [-0.15, -0.1) is 0 Å². The molecule has 1 aliphatic carbocycles. The number of hydrogen-bond acceptors (Lipinski definition) is 5. The topological polar surface area (TPSA) is 76.1 Å². The second-order valence-electron chi connectivity index (χ2n) is 9.27. The number of aliphatic carboxylic acids is 1. The molecule has 4 rings (SSSR count). The number of morpholine rings is 1. The van der Waals surface area contributed by atoms with Crippen LogP contribution in [0.1, 0.15) is 57.4 Å². The number of ether oxygens (including phenoxy) is 2. The van der Waals surface area contributed by atoms with Crippen molar-refractivity contribution in [3.05, 3.63) is 60.2 Å². The molecule has 2 atom stereocenters. The Morgan fingerprint density at radius 2 is 1.69 bits per heavy atom. The predicted molar refractivity (Wildman–Crippen MR) is 137 cm³/mol. The second-order valence-corrected chi connectivity index (χ2v) is 9.27. The normalized spacial score (nSPS) is 20.3. The van der Waals surface area contributed by atoms with Gasteiger partial charge in [0.2, 0.25) is 0 Å². The third-order valence-corrected chi connectivity index (χ3v) is 6.56. The zero-order chi connectivity index (χ0) is 24.9. The summed E-state index contributed by atoms with van der Waals surface area (Å²) in [5.74, 6) is -0.359. The van der Waals surface area contributed by atoms with Crippen LogP contribution in [0.25, 0.3) is 11.1 Å². The molecule has 0 amide bonds. The number of Topliss-reactive ketones (excluding diaryl/α,β-unsaturated/α-hetero) is 1. The largest absolute Gasteiger partial charge is 0.481 e. The van der Waals surface area contributed by atoms with E-state index in [0.717, 1.165) is 57.6 Å². The summed E-state index contributed by atoms with van der Waals surface area (Å²) in [4.78, 5) is 24.6. The fourth-order valence-corrected chi connectivity index (χ4v) is 4.53. The number of nitrogens with zero attached hydrogens (tertiary/aromatic N) is 1. The summed E-state index contributed by atoms with van der Waals surface area (Å²) in [5.41, 5.74) is 3.57. The average Bonchev–Trinajstić information content (AvgIpc) is 3.27. The van der Waals surface area contributed by atoms with Gasteiger partial charge in [0, 0.05) is 25.9 Å². The van der Waals surface area contributed by atoms with Gasteiger partial charge in [0.1, 0.15) is 0 Å². The number of carboxylic acids is 1. The molecule has 2 aromatic carbocycles. The minimum Gasteiger partial charge on any atom is -0.481 e. The van der Waals surface area contributed by atoms with Crippen LogP contribution in [-0.2, 0) is 25.7 Å². The van der Waals surface area contributed by atoms with E-state index in [0.29, 0.717) is 25.2 Å². The van der Waals surface area contributed by atoms with E-state index < -0.39 is 5.97 Å². The van der Waals surface area contributed by atoms with Crippen LogP contribution in [0.15, 0.2) is 54.6 Å². The molecular formula is C29H39NO5. The van der Waals surface area contributed by atoms with Gasteiger partial charge in [0.25, 0.3) is 0 Å². The standard InChI is InChI=1S/C22H25NO3.C7H14O2/c24-22-15-20(14-21(22)23-10-12-25-13-11-23)26-16-17-6-8-19(9-7-17)18-4-2-1-3-5-18;1-2-3-4-5-6-7(8)9/h1-9,20-21H,10-16H2;2-6H2,1H3,(H,8,9)/t20-,21-;/m0./s1. The second kappa shape index (κ2) is 14.8. The number of carboxylic acid groups (broad SMARTS) is 1. The molecule has 190 valence electrons. The maximum absolute atomic E-state index is 12.3. The summed E-state index contributed by atoms with van der Waals surface area (Å²) in [6.45, 7) is 5.82. The van der Waals surface area contributed by atoms with Gasteiger partial charge in [-0.05, 0) is 29.5 Å². The Morgan fingerprint density at radius 1 is 1.00 bits per heavy atom. The first-order valence-corrected chi connectivity index (χ1v) is 12.9. The van der Waals surface area contributed by atoms with Crippen LogP contribution < -0.4 is 0 Å². The van der Waals surface area contributed by atoms with Crippen LogP contribution in [0, 0.1) is 0 Å². The van der Waals surface area contributed by atoms with Crippen molar-refractivity contribution >= 4 is 11.8 Å². The summed E-state index contributed by atoms with van der Waals surface area (Å²) >= 11 is 0. The van der Waals surface area contributed by atoms with E-state index in [4.69, 9.17) is 14.6 Å². The molecule has 6 heteroatoms. The van der Waals surface area contributed by atoms with Crippen LogP contribution in [0.3, 0.4) is 0 Å². The van der Waals surface area contributed by atoms with Crippen molar-refractivity contribution in [2.24, 2.45) is 0 Å². The van der Waals surface area contributed by atoms with Gasteiger partial charge in [-0.2, -0.15) is 0 Å². The fraction of sp³-hybridized carbons (Fsp3) is 0.517. The van der Waals surface area contributed by atoms with E-state index >= 15 is 0 Å². The molecule has 0 unspecified atom stereocenters. The number of benzene rings is 2. The summed E-state index contributed by atoms with van der Waals surface area (Å²) in [7, 11) is 0. The first-order chi connectivity index (χ1) is 17.1. The molecule has 2 fully saturated rings. The number of ketones is 1. The Balaban J connectivity index is 0.000000327. The van der Waals surface area contributed by atoms with Crippen molar-refractivity contribution < 1.29 is 24.2 Å². The maximum Gasteiger partial charge on any atom is 0.303 e. The molecule has 1 saturated heterocycles. The smallest absolute Gasteiger partial charge is 0.303 e. The van der Waals surface area contributed by atoms with E-state index in [-0.39, 0.29) is 12.1 Å². The first kappa shape index (κ1) is 27.1. The van der Waals surface area contributed by atoms with Gasteiger partial charge in [-0.25, -0.2) is 0 Å². The van der Waals surface area contributed by atoms with E-state index in [2.05, 4.69) is 48.2 Å². The number of unbranched alkanes of at least 4 members (excludes halogenated alkanes) is 3. The number of hydrogen-bond donors (Lipinski definition) is 1. The molecule has 0 bridgehead atoms. The molecule has 0 spiro atoms. The highest BCUT2D eigenvalue weighted by Gasteiger charge is 2.37. The van der Waals surface area contributed by atoms with Crippen molar-refractivity contribution in [2.45, 2.75) is 70.6 Å². The van der Waals surface area contributed by atoms with Crippen LogP contribution in [0.4, 0.5) is 0 Å². The number of carbonyl (C=O) groups is 2. The predicted octanol–water partition coefficient (Wildman–Crippen LogP) is 5.34. The van der Waals surface area contributed by atoms with Crippen molar-refractivity contribution in [3.8, 4) is 11.1 Å².